The number of hydrogen-bond acceptors (Lipinski definition) is 6. The van der Waals surface area contributed by atoms with Crippen molar-refractivity contribution in [3.63, 3.8) is 0 Å². The van der Waals surface area contributed by atoms with Crippen LogP contribution in [0.25, 0.3) is 0 Å². The Morgan fingerprint density at radius 2 is 2.19 bits per heavy atom. The molecule has 0 aliphatic rings. The predicted molar refractivity (Wildman–Crippen MR) is 67.8 cm³/mol. The smallest absolute Gasteiger partial charge is 0.189 e. The molecule has 0 fully saturated rings. The summed E-state index contributed by atoms with van der Waals surface area (Å²) >= 11 is 4.87. The monoisotopic (exact) mass is 307 g/mol. The van der Waals surface area contributed by atoms with Gasteiger partial charge in [-0.15, -0.1) is 0 Å². The third kappa shape index (κ3) is 3.89. The second kappa shape index (κ2) is 7.05. The van der Waals surface area contributed by atoms with Crippen LogP contribution < -0.4 is 5.32 Å². The van der Waals surface area contributed by atoms with E-state index in [1.807, 2.05) is 6.26 Å². The van der Waals surface area contributed by atoms with Gasteiger partial charge in [-0.1, -0.05) is 11.8 Å². The zero-order chi connectivity index (χ0) is 12.0. The van der Waals surface area contributed by atoms with Gasteiger partial charge < -0.3 is 14.8 Å². The van der Waals surface area contributed by atoms with Crippen LogP contribution in [-0.2, 0) is 9.47 Å². The topological polar surface area (TPSA) is 56.3 Å². The van der Waals surface area contributed by atoms with E-state index in [1.165, 1.54) is 11.8 Å². The standard InChI is InChI=1S/C9H14BrN3O2S/c1-14-7(15-2)5-11-8-6(10)4-12-9(13-8)16-3/h4,7H,5H2,1-3H3,(H,11,12,13). The second-order valence-corrected chi connectivity index (χ2v) is 4.46. The first-order chi connectivity index (χ1) is 7.71. The molecule has 0 bridgehead atoms. The molecule has 0 radical (unpaired) electrons. The maximum Gasteiger partial charge on any atom is 0.189 e. The van der Waals surface area contributed by atoms with Gasteiger partial charge in [0.2, 0.25) is 0 Å². The fraction of sp³-hybridized carbons (Fsp3) is 0.556. The van der Waals surface area contributed by atoms with Crippen molar-refractivity contribution < 1.29 is 9.47 Å². The van der Waals surface area contributed by atoms with Gasteiger partial charge in [0, 0.05) is 20.4 Å². The van der Waals surface area contributed by atoms with Crippen LogP contribution in [0.15, 0.2) is 15.8 Å². The van der Waals surface area contributed by atoms with Gasteiger partial charge in [0.15, 0.2) is 11.4 Å². The molecule has 0 atom stereocenters. The van der Waals surface area contributed by atoms with Gasteiger partial charge in [0.25, 0.3) is 0 Å². The minimum atomic E-state index is -0.292. The summed E-state index contributed by atoms with van der Waals surface area (Å²) in [5, 5.41) is 3.85. The van der Waals surface area contributed by atoms with E-state index in [1.54, 1.807) is 20.4 Å². The van der Waals surface area contributed by atoms with Crippen molar-refractivity contribution in [2.75, 3.05) is 32.3 Å². The number of rotatable bonds is 6. The van der Waals surface area contributed by atoms with E-state index in [2.05, 4.69) is 31.2 Å². The summed E-state index contributed by atoms with van der Waals surface area (Å²) in [4.78, 5) is 8.44. The largest absolute Gasteiger partial charge is 0.364 e. The van der Waals surface area contributed by atoms with E-state index in [9.17, 15) is 0 Å². The predicted octanol–water partition coefficient (Wildman–Crippen LogP) is 1.99. The Labute approximate surface area is 107 Å². The summed E-state index contributed by atoms with van der Waals surface area (Å²) in [6.45, 7) is 0.524. The molecule has 0 saturated heterocycles. The van der Waals surface area contributed by atoms with E-state index in [-0.39, 0.29) is 6.29 Å². The molecule has 1 rings (SSSR count). The zero-order valence-electron chi connectivity index (χ0n) is 9.36. The summed E-state index contributed by atoms with van der Waals surface area (Å²) in [5.41, 5.74) is 0. The lowest BCUT2D eigenvalue weighted by molar-refractivity contribution is -0.0914. The summed E-state index contributed by atoms with van der Waals surface area (Å²) in [5.74, 6) is 0.735. The van der Waals surface area contributed by atoms with E-state index in [4.69, 9.17) is 9.47 Å². The van der Waals surface area contributed by atoms with Gasteiger partial charge >= 0.3 is 0 Å². The number of nitrogens with one attached hydrogen (secondary N) is 1. The van der Waals surface area contributed by atoms with Crippen LogP contribution in [0, 0.1) is 0 Å². The maximum atomic E-state index is 5.07. The molecule has 16 heavy (non-hydrogen) atoms. The molecule has 1 aromatic heterocycles. The first kappa shape index (κ1) is 13.7. The van der Waals surface area contributed by atoms with Gasteiger partial charge in [-0.2, -0.15) is 0 Å². The third-order valence-electron chi connectivity index (χ3n) is 1.87. The summed E-state index contributed by atoms with van der Waals surface area (Å²) in [7, 11) is 3.19. The minimum absolute atomic E-state index is 0.292. The Balaban J connectivity index is 2.65. The van der Waals surface area contributed by atoms with Crippen molar-refractivity contribution in [3.05, 3.63) is 10.7 Å². The Bertz CT molecular complexity index is 337. The average molecular weight is 308 g/mol. The first-order valence-electron chi connectivity index (χ1n) is 4.57. The number of thioether (sulfide) groups is 1. The molecule has 7 heteroatoms. The fourth-order valence-electron chi connectivity index (χ4n) is 1.02. The molecule has 0 aliphatic heterocycles. The lowest BCUT2D eigenvalue weighted by Gasteiger charge is -2.15. The Kier molecular flexibility index (Phi) is 6.04. The highest BCUT2D eigenvalue weighted by atomic mass is 79.9. The van der Waals surface area contributed by atoms with Crippen LogP contribution in [0.5, 0.6) is 0 Å². The number of nitrogens with zero attached hydrogens (tertiary/aromatic N) is 2. The number of aromatic nitrogens is 2. The van der Waals surface area contributed by atoms with Crippen LogP contribution in [0.2, 0.25) is 0 Å². The lowest BCUT2D eigenvalue weighted by Crippen LogP contribution is -2.24. The number of hydrogen-bond donors (Lipinski definition) is 1. The van der Waals surface area contributed by atoms with Crippen LogP contribution in [0.3, 0.4) is 0 Å². The van der Waals surface area contributed by atoms with Crippen LogP contribution in [-0.4, -0.2) is 43.3 Å². The maximum absolute atomic E-state index is 5.07. The number of halogens is 1. The van der Waals surface area contributed by atoms with Gasteiger partial charge in [-0.3, -0.25) is 0 Å². The summed E-state index contributed by atoms with van der Waals surface area (Å²) < 4.78 is 11.0. The zero-order valence-corrected chi connectivity index (χ0v) is 11.8. The van der Waals surface area contributed by atoms with Gasteiger partial charge in [-0.25, -0.2) is 9.97 Å². The SMILES string of the molecule is COC(CNc1nc(SC)ncc1Br)OC. The number of anilines is 1. The average Bonchev–Trinajstić information content (AvgIpc) is 2.32. The Morgan fingerprint density at radius 1 is 1.50 bits per heavy atom. The fourth-order valence-corrected chi connectivity index (χ4v) is 1.69. The van der Waals surface area contributed by atoms with E-state index < -0.39 is 0 Å². The summed E-state index contributed by atoms with van der Waals surface area (Å²) in [6.07, 6.45) is 3.36. The molecule has 0 spiro atoms. The second-order valence-electron chi connectivity index (χ2n) is 2.84. The highest BCUT2D eigenvalue weighted by Crippen LogP contribution is 2.21. The molecular formula is C9H14BrN3O2S. The normalized spacial score (nSPS) is 10.8. The molecule has 5 nitrogen and oxygen atoms in total. The van der Waals surface area contributed by atoms with Crippen molar-refractivity contribution in [1.29, 1.82) is 0 Å². The van der Waals surface area contributed by atoms with Gasteiger partial charge in [-0.05, 0) is 22.2 Å². The Hall–Kier alpha value is -0.370. The van der Waals surface area contributed by atoms with E-state index in [0.717, 1.165) is 15.4 Å². The van der Waals surface area contributed by atoms with Crippen molar-refractivity contribution in [3.8, 4) is 0 Å². The molecule has 0 aromatic carbocycles. The highest BCUT2D eigenvalue weighted by molar-refractivity contribution is 9.10. The molecule has 0 unspecified atom stereocenters. The van der Waals surface area contributed by atoms with E-state index >= 15 is 0 Å². The molecule has 0 aliphatic carbocycles. The third-order valence-corrected chi connectivity index (χ3v) is 3.01. The van der Waals surface area contributed by atoms with Crippen LogP contribution in [0.4, 0.5) is 5.82 Å². The lowest BCUT2D eigenvalue weighted by atomic mass is 10.5. The molecule has 90 valence electrons. The molecular weight excluding hydrogens is 294 g/mol. The minimum Gasteiger partial charge on any atom is -0.364 e. The van der Waals surface area contributed by atoms with Crippen molar-refractivity contribution in [2.24, 2.45) is 0 Å². The quantitative estimate of drug-likeness (QED) is 0.493. The number of methoxy groups -OCH3 is 2. The van der Waals surface area contributed by atoms with Crippen molar-refractivity contribution in [2.45, 2.75) is 11.4 Å². The molecule has 0 amide bonds. The first-order valence-corrected chi connectivity index (χ1v) is 6.59. The van der Waals surface area contributed by atoms with Crippen molar-refractivity contribution in [1.82, 2.24) is 9.97 Å². The van der Waals surface area contributed by atoms with Crippen LogP contribution >= 0.6 is 27.7 Å². The molecule has 1 aromatic rings. The molecule has 0 saturated carbocycles. The highest BCUT2D eigenvalue weighted by Gasteiger charge is 2.08. The summed E-state index contributed by atoms with van der Waals surface area (Å²) in [6, 6.07) is 0. The van der Waals surface area contributed by atoms with Crippen LogP contribution in [0.1, 0.15) is 0 Å². The number of ether oxygens (including phenoxy) is 2. The molecule has 1 heterocycles. The Morgan fingerprint density at radius 3 is 2.75 bits per heavy atom. The van der Waals surface area contributed by atoms with Gasteiger partial charge in [0.1, 0.15) is 5.82 Å². The molecule has 1 N–H and O–H groups in total. The van der Waals surface area contributed by atoms with Crippen molar-refractivity contribution >= 4 is 33.5 Å². The van der Waals surface area contributed by atoms with E-state index in [0.29, 0.717) is 6.54 Å². The van der Waals surface area contributed by atoms with Gasteiger partial charge in [0.05, 0.1) is 11.0 Å².